The molecule has 0 spiro atoms. The average molecular weight is 274 g/mol. The molecule has 0 saturated carbocycles. The van der Waals surface area contributed by atoms with E-state index < -0.39 is 0 Å². The van der Waals surface area contributed by atoms with Gasteiger partial charge in [0.2, 0.25) is 0 Å². The second kappa shape index (κ2) is 4.50. The van der Waals surface area contributed by atoms with Crippen molar-refractivity contribution in [1.82, 2.24) is 4.98 Å². The molecule has 2 rings (SSSR count). The molecule has 0 amide bonds. The lowest BCUT2D eigenvalue weighted by atomic mass is 10.1. The highest BCUT2D eigenvalue weighted by Crippen LogP contribution is 2.38. The van der Waals surface area contributed by atoms with E-state index in [-0.39, 0.29) is 0 Å². The molecule has 82 valence electrons. The molecule has 0 fully saturated rings. The third-order valence-electron chi connectivity index (χ3n) is 2.09. The van der Waals surface area contributed by atoms with Crippen molar-refractivity contribution in [3.05, 3.63) is 45.5 Å². The molecule has 0 atom stereocenters. The Kier molecular flexibility index (Phi) is 3.24. The fraction of sp³-hybridized carbons (Fsp3) is 0. The van der Waals surface area contributed by atoms with Crippen molar-refractivity contribution in [3.8, 4) is 11.3 Å². The molecular weight excluding hydrogens is 266 g/mol. The van der Waals surface area contributed by atoms with E-state index in [1.165, 1.54) is 0 Å². The summed E-state index contributed by atoms with van der Waals surface area (Å²) in [5.74, 6) is 0. The second-order valence-corrected chi connectivity index (χ2v) is 4.39. The van der Waals surface area contributed by atoms with Crippen LogP contribution in [0.1, 0.15) is 0 Å². The van der Waals surface area contributed by atoms with E-state index >= 15 is 0 Å². The minimum Gasteiger partial charge on any atom is -0.397 e. The van der Waals surface area contributed by atoms with Gasteiger partial charge in [0.05, 0.1) is 32.6 Å². The molecule has 0 aliphatic carbocycles. The number of hydrogen-bond donors (Lipinski definition) is 1. The number of nitrogens with zero attached hydrogens (tertiary/aromatic N) is 1. The van der Waals surface area contributed by atoms with E-state index in [4.69, 9.17) is 40.5 Å². The predicted molar refractivity (Wildman–Crippen MR) is 69.1 cm³/mol. The van der Waals surface area contributed by atoms with E-state index in [1.807, 2.05) is 0 Å². The minimum absolute atomic E-state index is 0.395. The molecule has 0 aliphatic rings. The maximum absolute atomic E-state index is 6.09. The van der Waals surface area contributed by atoms with Crippen LogP contribution in [0.3, 0.4) is 0 Å². The Bertz CT molecular complexity index is 523. The van der Waals surface area contributed by atoms with Crippen molar-refractivity contribution in [1.29, 1.82) is 0 Å². The number of nitrogens with two attached hydrogens (primary N) is 1. The summed E-state index contributed by atoms with van der Waals surface area (Å²) < 4.78 is 0. The number of rotatable bonds is 1. The molecule has 1 aromatic heterocycles. The van der Waals surface area contributed by atoms with Crippen LogP contribution < -0.4 is 5.73 Å². The van der Waals surface area contributed by atoms with Crippen LogP contribution in [-0.2, 0) is 0 Å². The maximum Gasteiger partial charge on any atom is 0.0734 e. The van der Waals surface area contributed by atoms with Gasteiger partial charge in [-0.05, 0) is 24.3 Å². The van der Waals surface area contributed by atoms with Crippen molar-refractivity contribution in [2.24, 2.45) is 0 Å². The summed E-state index contributed by atoms with van der Waals surface area (Å²) in [5.41, 5.74) is 7.40. The van der Waals surface area contributed by atoms with Gasteiger partial charge in [-0.3, -0.25) is 4.98 Å². The minimum atomic E-state index is 0.395. The Hall–Kier alpha value is -0.960. The quantitative estimate of drug-likeness (QED) is 0.787. The molecule has 2 nitrogen and oxygen atoms in total. The Balaban J connectivity index is 2.63. The molecule has 0 bridgehead atoms. The zero-order valence-corrected chi connectivity index (χ0v) is 10.3. The summed E-state index contributed by atoms with van der Waals surface area (Å²) in [5, 5.41) is 1.35. The van der Waals surface area contributed by atoms with Gasteiger partial charge in [0.25, 0.3) is 0 Å². The van der Waals surface area contributed by atoms with Gasteiger partial charge in [-0.15, -0.1) is 0 Å². The lowest BCUT2D eigenvalue weighted by molar-refractivity contribution is 1.33. The predicted octanol–water partition coefficient (Wildman–Crippen LogP) is 4.29. The summed E-state index contributed by atoms with van der Waals surface area (Å²) in [7, 11) is 0. The van der Waals surface area contributed by atoms with Gasteiger partial charge in [0, 0.05) is 5.56 Å². The SMILES string of the molecule is Nc1ccc(-c2c(Cl)ccc(Cl)c2Cl)nc1. The zero-order chi connectivity index (χ0) is 11.7. The Labute approximate surface area is 108 Å². The molecule has 0 radical (unpaired) electrons. The smallest absolute Gasteiger partial charge is 0.0734 e. The number of anilines is 1. The van der Waals surface area contributed by atoms with Gasteiger partial charge in [-0.2, -0.15) is 0 Å². The fourth-order valence-electron chi connectivity index (χ4n) is 1.32. The van der Waals surface area contributed by atoms with Gasteiger partial charge in [0.15, 0.2) is 0 Å². The zero-order valence-electron chi connectivity index (χ0n) is 8.05. The van der Waals surface area contributed by atoms with Crippen LogP contribution in [0, 0.1) is 0 Å². The highest BCUT2D eigenvalue weighted by atomic mass is 35.5. The number of aromatic nitrogens is 1. The monoisotopic (exact) mass is 272 g/mol. The van der Waals surface area contributed by atoms with Crippen LogP contribution in [0.5, 0.6) is 0 Å². The summed E-state index contributed by atoms with van der Waals surface area (Å²) in [4.78, 5) is 4.16. The van der Waals surface area contributed by atoms with Crippen molar-refractivity contribution in [2.45, 2.75) is 0 Å². The van der Waals surface area contributed by atoms with Crippen LogP contribution in [0.25, 0.3) is 11.3 Å². The van der Waals surface area contributed by atoms with Crippen LogP contribution in [-0.4, -0.2) is 4.98 Å². The standard InChI is InChI=1S/C11H7Cl3N2/c12-7-2-3-8(13)11(14)10(7)9-4-1-6(15)5-16-9/h1-5H,15H2. The molecule has 5 heteroatoms. The summed E-state index contributed by atoms with van der Waals surface area (Å²) >= 11 is 18.1. The topological polar surface area (TPSA) is 38.9 Å². The first kappa shape index (κ1) is 11.5. The highest BCUT2D eigenvalue weighted by Gasteiger charge is 2.12. The first-order valence-corrected chi connectivity index (χ1v) is 5.58. The summed E-state index contributed by atoms with van der Waals surface area (Å²) in [6.45, 7) is 0. The highest BCUT2D eigenvalue weighted by molar-refractivity contribution is 6.46. The third kappa shape index (κ3) is 2.09. The second-order valence-electron chi connectivity index (χ2n) is 3.19. The van der Waals surface area contributed by atoms with Crippen molar-refractivity contribution in [2.75, 3.05) is 5.73 Å². The Morgan fingerprint density at radius 1 is 0.938 bits per heavy atom. The molecule has 1 heterocycles. The fourth-order valence-corrected chi connectivity index (χ4v) is 2.04. The molecule has 2 aromatic rings. The molecule has 16 heavy (non-hydrogen) atoms. The first-order chi connectivity index (χ1) is 7.59. The van der Waals surface area contributed by atoms with E-state index in [1.54, 1.807) is 30.5 Å². The number of pyridine rings is 1. The van der Waals surface area contributed by atoms with Crippen molar-refractivity contribution >= 4 is 40.5 Å². The summed E-state index contributed by atoms with van der Waals surface area (Å²) in [6.07, 6.45) is 1.54. The third-order valence-corrected chi connectivity index (χ3v) is 3.21. The lowest BCUT2D eigenvalue weighted by Crippen LogP contribution is -1.90. The Morgan fingerprint density at radius 2 is 1.62 bits per heavy atom. The van der Waals surface area contributed by atoms with E-state index in [2.05, 4.69) is 4.98 Å². The van der Waals surface area contributed by atoms with Gasteiger partial charge < -0.3 is 5.73 Å². The number of hydrogen-bond acceptors (Lipinski definition) is 2. The molecule has 2 N–H and O–H groups in total. The number of benzene rings is 1. The van der Waals surface area contributed by atoms with Gasteiger partial charge in [0.1, 0.15) is 0 Å². The van der Waals surface area contributed by atoms with Crippen LogP contribution in [0.15, 0.2) is 30.5 Å². The molecule has 0 unspecified atom stereocenters. The first-order valence-electron chi connectivity index (χ1n) is 4.45. The van der Waals surface area contributed by atoms with Crippen LogP contribution >= 0.6 is 34.8 Å². The largest absolute Gasteiger partial charge is 0.397 e. The summed E-state index contributed by atoms with van der Waals surface area (Å²) in [6, 6.07) is 6.81. The van der Waals surface area contributed by atoms with E-state index in [0.29, 0.717) is 32.0 Å². The number of nitrogen functional groups attached to an aromatic ring is 1. The molecule has 0 aliphatic heterocycles. The number of halogens is 3. The normalized spacial score (nSPS) is 10.4. The van der Waals surface area contributed by atoms with Gasteiger partial charge >= 0.3 is 0 Å². The van der Waals surface area contributed by atoms with Crippen LogP contribution in [0.2, 0.25) is 15.1 Å². The maximum atomic E-state index is 6.09. The molecular formula is C11H7Cl3N2. The average Bonchev–Trinajstić information content (AvgIpc) is 2.27. The lowest BCUT2D eigenvalue weighted by Gasteiger charge is -2.07. The van der Waals surface area contributed by atoms with Gasteiger partial charge in [-0.1, -0.05) is 34.8 Å². The molecule has 0 saturated heterocycles. The van der Waals surface area contributed by atoms with Crippen molar-refractivity contribution in [3.63, 3.8) is 0 Å². The Morgan fingerprint density at radius 3 is 2.25 bits per heavy atom. The van der Waals surface area contributed by atoms with Crippen molar-refractivity contribution < 1.29 is 0 Å². The van der Waals surface area contributed by atoms with E-state index in [9.17, 15) is 0 Å². The van der Waals surface area contributed by atoms with E-state index in [0.717, 1.165) is 0 Å². The van der Waals surface area contributed by atoms with Crippen LogP contribution in [0.4, 0.5) is 5.69 Å². The molecule has 1 aromatic carbocycles. The van der Waals surface area contributed by atoms with Gasteiger partial charge in [-0.25, -0.2) is 0 Å².